The first-order valence-corrected chi connectivity index (χ1v) is 9.02. The van der Waals surface area contributed by atoms with Crippen LogP contribution in [0.4, 0.5) is 0 Å². The molecule has 23 heavy (non-hydrogen) atoms. The van der Waals surface area contributed by atoms with Crippen molar-refractivity contribution in [3.63, 3.8) is 0 Å². The summed E-state index contributed by atoms with van der Waals surface area (Å²) in [4.78, 5) is 16.2. The summed E-state index contributed by atoms with van der Waals surface area (Å²) in [7, 11) is 0. The molecule has 1 heterocycles. The average Bonchev–Trinajstić information content (AvgIpc) is 2.53. The van der Waals surface area contributed by atoms with Crippen LogP contribution in [-0.4, -0.2) is 27.5 Å². The second kappa shape index (κ2) is 8.47. The minimum atomic E-state index is -0.319. The lowest BCUT2D eigenvalue weighted by Gasteiger charge is -2.08. The summed E-state index contributed by atoms with van der Waals surface area (Å²) in [5.74, 6) is -0.0969. The fraction of sp³-hybridized carbons (Fsp3) is 0.133. The van der Waals surface area contributed by atoms with E-state index >= 15 is 0 Å². The Morgan fingerprint density at radius 2 is 2.09 bits per heavy atom. The molecule has 1 aromatic heterocycles. The zero-order chi connectivity index (χ0) is 16.8. The van der Waals surface area contributed by atoms with Gasteiger partial charge < -0.3 is 5.11 Å². The number of hydrogen-bond acceptors (Lipinski definition) is 5. The molecule has 0 saturated heterocycles. The van der Waals surface area contributed by atoms with Gasteiger partial charge in [-0.1, -0.05) is 17.8 Å². The maximum atomic E-state index is 12.0. The van der Waals surface area contributed by atoms with E-state index in [0.29, 0.717) is 8.95 Å². The summed E-state index contributed by atoms with van der Waals surface area (Å²) in [6.45, 7) is 1.79. The molecule has 0 aliphatic carbocycles. The van der Waals surface area contributed by atoms with Crippen molar-refractivity contribution >= 4 is 55.7 Å². The summed E-state index contributed by atoms with van der Waals surface area (Å²) in [5, 5.41) is 14.0. The first-order chi connectivity index (χ1) is 11.0. The number of carbonyl (C=O) groups excluding carboxylic acids is 1. The second-order valence-electron chi connectivity index (χ2n) is 4.50. The van der Waals surface area contributed by atoms with Crippen LogP contribution in [0, 0.1) is 0 Å². The van der Waals surface area contributed by atoms with Gasteiger partial charge in [-0.2, -0.15) is 5.10 Å². The number of nitrogens with one attached hydrogen (secondary N) is 1. The molecule has 0 aliphatic rings. The number of hydrogen-bond donors (Lipinski definition) is 2. The molecule has 2 N–H and O–H groups in total. The van der Waals surface area contributed by atoms with Gasteiger partial charge in [0.05, 0.1) is 25.4 Å². The maximum absolute atomic E-state index is 12.0. The minimum absolute atomic E-state index is 0.117. The molecule has 0 saturated carbocycles. The highest BCUT2D eigenvalue weighted by molar-refractivity contribution is 9.11. The number of pyridine rings is 1. The third-order valence-corrected chi connectivity index (χ3v) is 4.99. The number of phenolic OH excluding ortho intramolecular Hbond substituents is 1. The molecule has 0 bridgehead atoms. The summed E-state index contributed by atoms with van der Waals surface area (Å²) in [6, 6.07) is 8.94. The van der Waals surface area contributed by atoms with E-state index in [-0.39, 0.29) is 16.9 Å². The first kappa shape index (κ1) is 18.0. The van der Waals surface area contributed by atoms with Gasteiger partial charge >= 0.3 is 0 Å². The van der Waals surface area contributed by atoms with Gasteiger partial charge in [-0.15, -0.1) is 0 Å². The van der Waals surface area contributed by atoms with E-state index in [0.717, 1.165) is 10.6 Å². The van der Waals surface area contributed by atoms with E-state index in [9.17, 15) is 9.90 Å². The van der Waals surface area contributed by atoms with Gasteiger partial charge in [0.25, 0.3) is 5.91 Å². The lowest BCUT2D eigenvalue weighted by atomic mass is 10.2. The number of carbonyl (C=O) groups is 1. The Balaban J connectivity index is 1.93. The quantitative estimate of drug-likeness (QED) is 0.404. The van der Waals surface area contributed by atoms with E-state index in [1.807, 2.05) is 18.2 Å². The van der Waals surface area contributed by atoms with Crippen LogP contribution in [-0.2, 0) is 4.79 Å². The first-order valence-electron chi connectivity index (χ1n) is 6.56. The summed E-state index contributed by atoms with van der Waals surface area (Å²) in [6.07, 6.45) is 3.19. The van der Waals surface area contributed by atoms with E-state index in [1.165, 1.54) is 18.0 Å². The molecule has 2 aromatic rings. The predicted octanol–water partition coefficient (Wildman–Crippen LogP) is 3.94. The number of benzene rings is 1. The molecule has 0 aliphatic heterocycles. The number of nitrogens with zero attached hydrogens (tertiary/aromatic N) is 2. The van der Waals surface area contributed by atoms with Crippen LogP contribution in [0.15, 0.2) is 55.6 Å². The van der Waals surface area contributed by atoms with Crippen molar-refractivity contribution in [1.29, 1.82) is 0 Å². The highest BCUT2D eigenvalue weighted by atomic mass is 79.9. The summed E-state index contributed by atoms with van der Waals surface area (Å²) in [5.41, 5.74) is 3.22. The lowest BCUT2D eigenvalue weighted by Crippen LogP contribution is -2.26. The predicted molar refractivity (Wildman–Crippen MR) is 98.8 cm³/mol. The van der Waals surface area contributed by atoms with Crippen molar-refractivity contribution in [2.75, 3.05) is 0 Å². The van der Waals surface area contributed by atoms with Crippen molar-refractivity contribution < 1.29 is 9.90 Å². The molecule has 1 amide bonds. The van der Waals surface area contributed by atoms with Gasteiger partial charge in [0.15, 0.2) is 0 Å². The molecule has 120 valence electrons. The Morgan fingerprint density at radius 3 is 2.70 bits per heavy atom. The molecular weight excluding hydrogens is 446 g/mol. The number of phenols is 1. The van der Waals surface area contributed by atoms with Crippen LogP contribution < -0.4 is 5.43 Å². The standard InChI is InChI=1S/C15H13Br2N3O2S/c1-9(23-13-4-2-3-5-18-13)15(22)20-19-8-10-6-11(16)14(21)12(17)7-10/h2-9,21H,1H3,(H,20,22)/b19-8+/t9-/m1/s1. The van der Waals surface area contributed by atoms with Gasteiger partial charge in [-0.05, 0) is 68.6 Å². The fourth-order valence-electron chi connectivity index (χ4n) is 1.57. The van der Waals surface area contributed by atoms with Crippen molar-refractivity contribution in [2.24, 2.45) is 5.10 Å². The smallest absolute Gasteiger partial charge is 0.253 e. The molecule has 0 radical (unpaired) electrons. The van der Waals surface area contributed by atoms with Crippen LogP contribution in [0.2, 0.25) is 0 Å². The van der Waals surface area contributed by atoms with E-state index in [1.54, 1.807) is 25.3 Å². The van der Waals surface area contributed by atoms with Crippen LogP contribution in [0.5, 0.6) is 5.75 Å². The largest absolute Gasteiger partial charge is 0.506 e. The van der Waals surface area contributed by atoms with Crippen molar-refractivity contribution in [2.45, 2.75) is 17.2 Å². The second-order valence-corrected chi connectivity index (χ2v) is 7.57. The molecule has 1 aromatic carbocycles. The van der Waals surface area contributed by atoms with Crippen LogP contribution in [0.1, 0.15) is 12.5 Å². The molecule has 5 nitrogen and oxygen atoms in total. The van der Waals surface area contributed by atoms with E-state index in [4.69, 9.17) is 0 Å². The van der Waals surface area contributed by atoms with Crippen molar-refractivity contribution in [3.05, 3.63) is 51.0 Å². The highest BCUT2D eigenvalue weighted by Crippen LogP contribution is 2.32. The third-order valence-electron chi connectivity index (χ3n) is 2.73. The van der Waals surface area contributed by atoms with E-state index < -0.39 is 0 Å². The monoisotopic (exact) mass is 457 g/mol. The molecule has 0 unspecified atom stereocenters. The number of halogens is 2. The Labute approximate surface area is 154 Å². The topological polar surface area (TPSA) is 74.6 Å². The number of hydrazone groups is 1. The normalized spacial score (nSPS) is 12.3. The number of rotatable bonds is 5. The zero-order valence-electron chi connectivity index (χ0n) is 12.0. The zero-order valence-corrected chi connectivity index (χ0v) is 16.0. The van der Waals surface area contributed by atoms with Crippen molar-refractivity contribution in [3.8, 4) is 5.75 Å². The molecule has 0 spiro atoms. The molecule has 1 atom stereocenters. The molecule has 8 heteroatoms. The number of amides is 1. The Bertz CT molecular complexity index is 703. The fourth-order valence-corrected chi connectivity index (χ4v) is 3.60. The van der Waals surface area contributed by atoms with Gasteiger partial charge in [-0.3, -0.25) is 4.79 Å². The van der Waals surface area contributed by atoms with Crippen LogP contribution in [0.3, 0.4) is 0 Å². The number of aromatic nitrogens is 1. The van der Waals surface area contributed by atoms with Gasteiger partial charge in [0.2, 0.25) is 0 Å². The molecule has 2 rings (SSSR count). The van der Waals surface area contributed by atoms with Gasteiger partial charge in [0.1, 0.15) is 5.75 Å². The highest BCUT2D eigenvalue weighted by Gasteiger charge is 2.14. The summed E-state index contributed by atoms with van der Waals surface area (Å²) < 4.78 is 1.08. The Hall–Kier alpha value is -1.38. The Kier molecular flexibility index (Phi) is 6.61. The van der Waals surface area contributed by atoms with Gasteiger partial charge in [0, 0.05) is 6.20 Å². The summed E-state index contributed by atoms with van der Waals surface area (Å²) >= 11 is 7.84. The van der Waals surface area contributed by atoms with E-state index in [2.05, 4.69) is 47.4 Å². The molecular formula is C15H13Br2N3O2S. The van der Waals surface area contributed by atoms with Crippen LogP contribution in [0.25, 0.3) is 0 Å². The van der Waals surface area contributed by atoms with Crippen molar-refractivity contribution in [1.82, 2.24) is 10.4 Å². The van der Waals surface area contributed by atoms with Crippen LogP contribution >= 0.6 is 43.6 Å². The average molecular weight is 459 g/mol. The minimum Gasteiger partial charge on any atom is -0.506 e. The lowest BCUT2D eigenvalue weighted by molar-refractivity contribution is -0.120. The maximum Gasteiger partial charge on any atom is 0.253 e. The Morgan fingerprint density at radius 1 is 1.39 bits per heavy atom. The number of thioether (sulfide) groups is 1. The molecule has 0 fully saturated rings. The third kappa shape index (κ3) is 5.33. The van der Waals surface area contributed by atoms with Gasteiger partial charge in [-0.25, -0.2) is 10.4 Å². The number of aromatic hydroxyl groups is 1. The SMILES string of the molecule is C[C@@H](Sc1ccccn1)C(=O)N/N=C/c1cc(Br)c(O)c(Br)c1.